The van der Waals surface area contributed by atoms with Gasteiger partial charge in [0.2, 0.25) is 5.09 Å². The van der Waals surface area contributed by atoms with Crippen LogP contribution in [0.3, 0.4) is 0 Å². The molecule has 4 heterocycles. The van der Waals surface area contributed by atoms with Crippen molar-refractivity contribution >= 4 is 10.0 Å². The molecule has 7 nitrogen and oxygen atoms in total. The van der Waals surface area contributed by atoms with Crippen molar-refractivity contribution in [2.45, 2.75) is 43.1 Å². The summed E-state index contributed by atoms with van der Waals surface area (Å²) in [5.74, 6) is 0.307. The number of ether oxygens (including phenoxy) is 2. The summed E-state index contributed by atoms with van der Waals surface area (Å²) in [6.07, 6.45) is 3.53. The number of rotatable bonds is 4. The van der Waals surface area contributed by atoms with E-state index in [1.54, 1.807) is 12.1 Å². The predicted octanol–water partition coefficient (Wildman–Crippen LogP) is 1.40. The number of sulfonamides is 1. The van der Waals surface area contributed by atoms with Gasteiger partial charge >= 0.3 is 0 Å². The van der Waals surface area contributed by atoms with Crippen LogP contribution in [0.5, 0.6) is 0 Å². The number of nitrogens with zero attached hydrogens (tertiary/aromatic N) is 2. The van der Waals surface area contributed by atoms with E-state index in [1.165, 1.54) is 4.31 Å². The van der Waals surface area contributed by atoms with Crippen LogP contribution in [0.25, 0.3) is 0 Å². The van der Waals surface area contributed by atoms with Crippen LogP contribution in [0.2, 0.25) is 0 Å². The largest absolute Gasteiger partial charge is 0.447 e. The van der Waals surface area contributed by atoms with E-state index in [1.807, 2.05) is 0 Å². The molecule has 134 valence electrons. The average molecular weight is 356 g/mol. The Bertz CT molecular complexity index is 664. The van der Waals surface area contributed by atoms with Crippen molar-refractivity contribution in [2.75, 3.05) is 39.4 Å². The van der Waals surface area contributed by atoms with Crippen LogP contribution in [0, 0.1) is 0 Å². The van der Waals surface area contributed by atoms with E-state index < -0.39 is 10.0 Å². The third kappa shape index (κ3) is 3.13. The summed E-state index contributed by atoms with van der Waals surface area (Å²) in [6, 6.07) is 3.35. The van der Waals surface area contributed by atoms with E-state index >= 15 is 0 Å². The maximum Gasteiger partial charge on any atom is 0.276 e. The SMILES string of the molecule is O=S(=O)(c1ccc(CN2CCC3(CC2)OCCO3)o1)N1CCCC1. The van der Waals surface area contributed by atoms with E-state index in [-0.39, 0.29) is 10.9 Å². The lowest BCUT2D eigenvalue weighted by Gasteiger charge is -2.37. The maximum atomic E-state index is 12.5. The number of piperidine rings is 1. The van der Waals surface area contributed by atoms with E-state index in [4.69, 9.17) is 13.9 Å². The molecule has 0 amide bonds. The highest BCUT2D eigenvalue weighted by Crippen LogP contribution is 2.32. The maximum absolute atomic E-state index is 12.5. The third-order valence-electron chi connectivity index (χ3n) is 5.11. The molecule has 0 saturated carbocycles. The number of furan rings is 1. The van der Waals surface area contributed by atoms with Crippen molar-refractivity contribution in [3.8, 4) is 0 Å². The minimum absolute atomic E-state index is 0.0651. The minimum atomic E-state index is -3.47. The van der Waals surface area contributed by atoms with Crippen LogP contribution in [0.4, 0.5) is 0 Å². The molecule has 3 fully saturated rings. The van der Waals surface area contributed by atoms with Crippen LogP contribution in [0.1, 0.15) is 31.4 Å². The van der Waals surface area contributed by atoms with Gasteiger partial charge in [0.15, 0.2) is 5.79 Å². The van der Waals surface area contributed by atoms with Gasteiger partial charge in [0.1, 0.15) is 5.76 Å². The Morgan fingerprint density at radius 3 is 2.33 bits per heavy atom. The van der Waals surface area contributed by atoms with Gasteiger partial charge in [0.25, 0.3) is 10.0 Å². The second-order valence-electron chi connectivity index (χ2n) is 6.72. The van der Waals surface area contributed by atoms with Crippen molar-refractivity contribution in [1.29, 1.82) is 0 Å². The van der Waals surface area contributed by atoms with Gasteiger partial charge in [-0.3, -0.25) is 4.90 Å². The molecule has 4 rings (SSSR count). The molecule has 3 aliphatic heterocycles. The highest BCUT2D eigenvalue weighted by Gasteiger charge is 2.40. The quantitative estimate of drug-likeness (QED) is 0.812. The molecule has 0 unspecified atom stereocenters. The van der Waals surface area contributed by atoms with Gasteiger partial charge in [-0.05, 0) is 25.0 Å². The highest BCUT2D eigenvalue weighted by molar-refractivity contribution is 7.89. The van der Waals surface area contributed by atoms with Crippen molar-refractivity contribution in [1.82, 2.24) is 9.21 Å². The summed E-state index contributed by atoms with van der Waals surface area (Å²) in [7, 11) is -3.47. The Morgan fingerprint density at radius 2 is 1.67 bits per heavy atom. The smallest absolute Gasteiger partial charge is 0.276 e. The Hall–Kier alpha value is -0.930. The standard InChI is InChI=1S/C16H24N2O5S/c19-24(20,18-7-1-2-8-18)15-4-3-14(23-15)13-17-9-5-16(6-10-17)21-11-12-22-16/h3-4H,1-2,5-13H2. The van der Waals surface area contributed by atoms with Crippen molar-refractivity contribution in [3.05, 3.63) is 17.9 Å². The second-order valence-corrected chi connectivity index (χ2v) is 8.58. The zero-order chi connectivity index (χ0) is 16.6. The molecular weight excluding hydrogens is 332 g/mol. The normalized spacial score (nSPS) is 25.7. The van der Waals surface area contributed by atoms with E-state index in [2.05, 4.69) is 4.90 Å². The highest BCUT2D eigenvalue weighted by atomic mass is 32.2. The van der Waals surface area contributed by atoms with Crippen molar-refractivity contribution in [2.24, 2.45) is 0 Å². The average Bonchev–Trinajstić information content (AvgIpc) is 3.31. The van der Waals surface area contributed by atoms with Crippen LogP contribution in [0.15, 0.2) is 21.6 Å². The van der Waals surface area contributed by atoms with Gasteiger partial charge in [0.05, 0.1) is 19.8 Å². The monoisotopic (exact) mass is 356 g/mol. The van der Waals surface area contributed by atoms with Crippen LogP contribution in [-0.2, 0) is 26.0 Å². The number of hydrogen-bond donors (Lipinski definition) is 0. The summed E-state index contributed by atoms with van der Waals surface area (Å²) in [5.41, 5.74) is 0. The van der Waals surface area contributed by atoms with Crippen molar-refractivity contribution < 1.29 is 22.3 Å². The number of hydrogen-bond acceptors (Lipinski definition) is 6. The first kappa shape index (κ1) is 16.5. The van der Waals surface area contributed by atoms with Gasteiger partial charge in [-0.2, -0.15) is 4.31 Å². The summed E-state index contributed by atoms with van der Waals surface area (Å²) < 4.78 is 43.6. The molecule has 1 aromatic heterocycles. The predicted molar refractivity (Wildman–Crippen MR) is 85.8 cm³/mol. The molecule has 0 aromatic carbocycles. The zero-order valence-electron chi connectivity index (χ0n) is 13.8. The number of likely N-dealkylation sites (tertiary alicyclic amines) is 1. The molecule has 24 heavy (non-hydrogen) atoms. The molecule has 3 saturated heterocycles. The lowest BCUT2D eigenvalue weighted by molar-refractivity contribution is -0.186. The van der Waals surface area contributed by atoms with Gasteiger partial charge in [-0.25, -0.2) is 8.42 Å². The minimum Gasteiger partial charge on any atom is -0.447 e. The molecular formula is C16H24N2O5S. The van der Waals surface area contributed by atoms with Crippen LogP contribution >= 0.6 is 0 Å². The molecule has 1 spiro atoms. The Kier molecular flexibility index (Phi) is 4.42. The summed E-state index contributed by atoms with van der Waals surface area (Å²) in [6.45, 7) is 4.86. The van der Waals surface area contributed by atoms with E-state index in [0.29, 0.717) is 38.6 Å². The van der Waals surface area contributed by atoms with Gasteiger partial charge in [0, 0.05) is 39.0 Å². The topological polar surface area (TPSA) is 72.2 Å². The van der Waals surface area contributed by atoms with Gasteiger partial charge in [-0.1, -0.05) is 0 Å². The first-order valence-corrected chi connectivity index (χ1v) is 10.1. The van der Waals surface area contributed by atoms with Gasteiger partial charge in [-0.15, -0.1) is 0 Å². The first-order valence-electron chi connectivity index (χ1n) is 8.67. The molecule has 0 atom stereocenters. The Balaban J connectivity index is 1.37. The molecule has 1 aromatic rings. The molecule has 3 aliphatic rings. The first-order chi connectivity index (χ1) is 11.6. The lowest BCUT2D eigenvalue weighted by atomic mass is 10.0. The Labute approximate surface area is 142 Å². The molecule has 0 N–H and O–H groups in total. The molecule has 8 heteroatoms. The fraction of sp³-hybridized carbons (Fsp3) is 0.750. The Morgan fingerprint density at radius 1 is 1.00 bits per heavy atom. The summed E-state index contributed by atoms with van der Waals surface area (Å²) >= 11 is 0. The second kappa shape index (κ2) is 6.42. The molecule has 0 bridgehead atoms. The summed E-state index contributed by atoms with van der Waals surface area (Å²) in [4.78, 5) is 2.25. The van der Waals surface area contributed by atoms with Crippen molar-refractivity contribution in [3.63, 3.8) is 0 Å². The van der Waals surface area contributed by atoms with Crippen LogP contribution in [-0.4, -0.2) is 62.8 Å². The third-order valence-corrected chi connectivity index (χ3v) is 6.88. The van der Waals surface area contributed by atoms with E-state index in [9.17, 15) is 8.42 Å². The summed E-state index contributed by atoms with van der Waals surface area (Å²) in [5, 5.41) is 0.0651. The fourth-order valence-corrected chi connectivity index (χ4v) is 5.14. The van der Waals surface area contributed by atoms with Gasteiger partial charge < -0.3 is 13.9 Å². The van der Waals surface area contributed by atoms with E-state index in [0.717, 1.165) is 38.8 Å². The molecule has 0 aliphatic carbocycles. The molecule has 0 radical (unpaired) electrons. The lowest BCUT2D eigenvalue weighted by Crippen LogP contribution is -2.44. The van der Waals surface area contributed by atoms with Crippen LogP contribution < -0.4 is 0 Å². The zero-order valence-corrected chi connectivity index (χ0v) is 14.6. The fourth-order valence-electron chi connectivity index (χ4n) is 3.70.